The number of fused-ring (bicyclic) bond motifs is 1. The Labute approximate surface area is 78.9 Å². The van der Waals surface area contributed by atoms with Gasteiger partial charge in [-0.25, -0.2) is 0 Å². The summed E-state index contributed by atoms with van der Waals surface area (Å²) >= 11 is 0. The number of hydrogen-bond acceptors (Lipinski definition) is 3. The summed E-state index contributed by atoms with van der Waals surface area (Å²) in [7, 11) is 0. The fraction of sp³-hybridized carbons (Fsp3) is 0. The molecule has 5 nitrogen and oxygen atoms in total. The molecule has 5 heteroatoms. The molecule has 0 fully saturated rings. The van der Waals surface area contributed by atoms with Gasteiger partial charge in [-0.3, -0.25) is 10.1 Å². The first kappa shape index (κ1) is 8.43. The lowest BCUT2D eigenvalue weighted by Crippen LogP contribution is -2.25. The molecule has 0 N–H and O–H groups in total. The maximum absolute atomic E-state index is 11.2. The molecule has 70 valence electrons. The van der Waals surface area contributed by atoms with Crippen LogP contribution in [0.25, 0.3) is 10.9 Å². The van der Waals surface area contributed by atoms with Gasteiger partial charge in [-0.15, -0.1) is 0 Å². The molecule has 0 amide bonds. The molecule has 0 radical (unpaired) electrons. The van der Waals surface area contributed by atoms with Crippen LogP contribution in [-0.2, 0) is 0 Å². The predicted molar refractivity (Wildman–Crippen MR) is 49.6 cm³/mol. The van der Waals surface area contributed by atoms with Crippen molar-refractivity contribution in [3.8, 4) is 0 Å². The van der Waals surface area contributed by atoms with Crippen molar-refractivity contribution in [2.45, 2.75) is 0 Å². The summed E-state index contributed by atoms with van der Waals surface area (Å²) in [6.45, 7) is 0. The molecule has 0 aliphatic carbocycles. The number of hydrogen-bond donors (Lipinski definition) is 0. The lowest BCUT2D eigenvalue weighted by Gasteiger charge is -2.00. The molecule has 0 unspecified atom stereocenters. The van der Waals surface area contributed by atoms with Crippen LogP contribution in [0.4, 0.5) is 5.69 Å². The Kier molecular flexibility index (Phi) is 1.78. The zero-order chi connectivity index (χ0) is 10.1. The van der Waals surface area contributed by atoms with E-state index < -0.39 is 4.92 Å². The average molecular weight is 190 g/mol. The highest BCUT2D eigenvalue weighted by atomic mass is 16.6. The van der Waals surface area contributed by atoms with Crippen molar-refractivity contribution in [3.63, 3.8) is 0 Å². The van der Waals surface area contributed by atoms with E-state index in [4.69, 9.17) is 0 Å². The molecule has 0 saturated heterocycles. The van der Waals surface area contributed by atoms with Gasteiger partial charge in [0.1, 0.15) is 5.39 Å². The van der Waals surface area contributed by atoms with E-state index >= 15 is 0 Å². The van der Waals surface area contributed by atoms with Crippen LogP contribution in [0.2, 0.25) is 0 Å². The Bertz CT molecular complexity index is 510. The van der Waals surface area contributed by atoms with Crippen LogP contribution >= 0.6 is 0 Å². The van der Waals surface area contributed by atoms with E-state index in [1.807, 2.05) is 0 Å². The minimum atomic E-state index is -0.498. The first-order valence-electron chi connectivity index (χ1n) is 3.95. The zero-order valence-electron chi connectivity index (χ0n) is 7.08. The molecular formula is C9H6N2O3. The fourth-order valence-electron chi connectivity index (χ4n) is 1.36. The number of nitrogens with zero attached hydrogens (tertiary/aromatic N) is 2. The molecule has 1 aromatic carbocycles. The summed E-state index contributed by atoms with van der Waals surface area (Å²) in [5.74, 6) is 0. The van der Waals surface area contributed by atoms with Gasteiger partial charge in [0.15, 0.2) is 6.20 Å². The van der Waals surface area contributed by atoms with Crippen LogP contribution < -0.4 is 4.73 Å². The fourth-order valence-corrected chi connectivity index (χ4v) is 1.36. The smallest absolute Gasteiger partial charge is 0.283 e. The van der Waals surface area contributed by atoms with Gasteiger partial charge in [-0.1, -0.05) is 0 Å². The number of benzene rings is 1. The van der Waals surface area contributed by atoms with Gasteiger partial charge in [0.2, 0.25) is 5.52 Å². The molecule has 0 bridgehead atoms. The highest BCUT2D eigenvalue weighted by molar-refractivity contribution is 5.85. The zero-order valence-corrected chi connectivity index (χ0v) is 7.08. The van der Waals surface area contributed by atoms with E-state index in [0.717, 1.165) is 0 Å². The minimum absolute atomic E-state index is 0.0484. The summed E-state index contributed by atoms with van der Waals surface area (Å²) in [6, 6.07) is 7.47. The Morgan fingerprint density at radius 1 is 1.21 bits per heavy atom. The van der Waals surface area contributed by atoms with Gasteiger partial charge in [0.05, 0.1) is 4.92 Å². The third-order valence-electron chi connectivity index (χ3n) is 1.98. The van der Waals surface area contributed by atoms with E-state index in [1.54, 1.807) is 12.1 Å². The van der Waals surface area contributed by atoms with E-state index in [2.05, 4.69) is 0 Å². The molecule has 2 aromatic rings. The van der Waals surface area contributed by atoms with Crippen LogP contribution in [0, 0.1) is 15.3 Å². The lowest BCUT2D eigenvalue weighted by molar-refractivity contribution is -0.577. The predicted octanol–water partition coefficient (Wildman–Crippen LogP) is 1.38. The molecule has 0 aliphatic heterocycles. The molecule has 0 saturated carbocycles. The normalized spacial score (nSPS) is 10.3. The maximum atomic E-state index is 11.2. The van der Waals surface area contributed by atoms with Crippen molar-refractivity contribution in [2.75, 3.05) is 0 Å². The van der Waals surface area contributed by atoms with E-state index in [1.165, 1.54) is 24.4 Å². The summed E-state index contributed by atoms with van der Waals surface area (Å²) in [5.41, 5.74) is 0.259. The second kappa shape index (κ2) is 2.95. The maximum Gasteiger partial charge on any atom is 0.283 e. The Morgan fingerprint density at radius 3 is 2.71 bits per heavy atom. The summed E-state index contributed by atoms with van der Waals surface area (Å²) < 4.78 is 0.613. The van der Waals surface area contributed by atoms with Crippen molar-refractivity contribution < 1.29 is 9.65 Å². The molecule has 14 heavy (non-hydrogen) atoms. The Hall–Kier alpha value is -2.17. The van der Waals surface area contributed by atoms with Gasteiger partial charge in [-0.05, 0) is 12.1 Å². The Balaban J connectivity index is 2.88. The third kappa shape index (κ3) is 1.15. The number of aromatic nitrogens is 1. The number of pyridine rings is 1. The van der Waals surface area contributed by atoms with E-state index in [-0.39, 0.29) is 5.69 Å². The molecular weight excluding hydrogens is 184 g/mol. The van der Waals surface area contributed by atoms with Crippen molar-refractivity contribution in [1.82, 2.24) is 0 Å². The SMILES string of the molecule is O=[N+]([O-])c1cccc2c1ccc[n+]2[O-]. The number of rotatable bonds is 1. The van der Waals surface area contributed by atoms with Gasteiger partial charge in [0, 0.05) is 18.2 Å². The van der Waals surface area contributed by atoms with E-state index in [9.17, 15) is 15.3 Å². The summed E-state index contributed by atoms with van der Waals surface area (Å²) in [6.07, 6.45) is 1.31. The highest BCUT2D eigenvalue weighted by Gasteiger charge is 2.14. The number of nitro benzene ring substituents is 1. The molecule has 1 heterocycles. The topological polar surface area (TPSA) is 70.1 Å². The monoisotopic (exact) mass is 190 g/mol. The lowest BCUT2D eigenvalue weighted by atomic mass is 10.2. The Morgan fingerprint density at radius 2 is 2.00 bits per heavy atom. The second-order valence-electron chi connectivity index (χ2n) is 2.80. The van der Waals surface area contributed by atoms with Crippen LogP contribution in [0.15, 0.2) is 36.5 Å². The van der Waals surface area contributed by atoms with E-state index in [0.29, 0.717) is 15.6 Å². The summed E-state index contributed by atoms with van der Waals surface area (Å²) in [4.78, 5) is 10.1. The van der Waals surface area contributed by atoms with Crippen molar-refractivity contribution >= 4 is 16.6 Å². The second-order valence-corrected chi connectivity index (χ2v) is 2.80. The standard InChI is InChI=1S/C9H6N2O3/c12-10-6-2-3-7-8(10)4-1-5-9(7)11(13)14/h1-6H. The van der Waals surface area contributed by atoms with Gasteiger partial charge in [-0.2, -0.15) is 4.73 Å². The van der Waals surface area contributed by atoms with Crippen molar-refractivity contribution in [2.24, 2.45) is 0 Å². The molecule has 0 spiro atoms. The van der Waals surface area contributed by atoms with Crippen molar-refractivity contribution in [3.05, 3.63) is 51.9 Å². The molecule has 2 rings (SSSR count). The quantitative estimate of drug-likeness (QED) is 0.295. The van der Waals surface area contributed by atoms with Crippen LogP contribution in [0.3, 0.4) is 0 Å². The molecule has 0 atom stereocenters. The average Bonchev–Trinajstić information content (AvgIpc) is 2.17. The molecule has 0 aliphatic rings. The van der Waals surface area contributed by atoms with Gasteiger partial charge < -0.3 is 5.21 Å². The van der Waals surface area contributed by atoms with Crippen LogP contribution in [0.1, 0.15) is 0 Å². The third-order valence-corrected chi connectivity index (χ3v) is 1.98. The highest BCUT2D eigenvalue weighted by Crippen LogP contribution is 2.21. The number of non-ortho nitro benzene ring substituents is 1. The van der Waals surface area contributed by atoms with Crippen molar-refractivity contribution in [1.29, 1.82) is 0 Å². The first-order chi connectivity index (χ1) is 6.70. The van der Waals surface area contributed by atoms with Crippen LogP contribution in [-0.4, -0.2) is 4.92 Å². The largest absolute Gasteiger partial charge is 0.618 e. The van der Waals surface area contributed by atoms with Gasteiger partial charge >= 0.3 is 0 Å². The van der Waals surface area contributed by atoms with Gasteiger partial charge in [0.25, 0.3) is 5.69 Å². The number of nitro groups is 1. The minimum Gasteiger partial charge on any atom is -0.618 e. The first-order valence-corrected chi connectivity index (χ1v) is 3.95. The van der Waals surface area contributed by atoms with Crippen LogP contribution in [0.5, 0.6) is 0 Å². The summed E-state index contributed by atoms with van der Waals surface area (Å²) in [5, 5.41) is 22.2. The molecule has 1 aromatic heterocycles.